The summed E-state index contributed by atoms with van der Waals surface area (Å²) in [7, 11) is 0. The lowest BCUT2D eigenvalue weighted by Gasteiger charge is -2.12. The molecule has 1 fully saturated rings. The first-order chi connectivity index (χ1) is 3.60. The highest BCUT2D eigenvalue weighted by molar-refractivity contribution is 7.81. The minimum atomic E-state index is -0.0145. The standard InChI is InChI=1S/C5H12N2S/c1-4-3-6-5(2,8)7-4/h4,6-8H,3H2,1-2H3/p+1. The third-order valence-corrected chi connectivity index (χ3v) is 1.72. The van der Waals surface area contributed by atoms with Gasteiger partial charge in [-0.05, 0) is 6.92 Å². The second-order valence-corrected chi connectivity index (χ2v) is 3.56. The van der Waals surface area contributed by atoms with E-state index in [1.807, 2.05) is 0 Å². The molecule has 1 saturated heterocycles. The predicted molar refractivity (Wildman–Crippen MR) is 36.8 cm³/mol. The molecule has 0 bridgehead atoms. The number of hydrogen-bond acceptors (Lipinski definition) is 2. The van der Waals surface area contributed by atoms with Crippen LogP contribution in [0.1, 0.15) is 13.8 Å². The van der Waals surface area contributed by atoms with Gasteiger partial charge in [0.1, 0.15) is 0 Å². The Morgan fingerprint density at radius 3 is 2.62 bits per heavy atom. The lowest BCUT2D eigenvalue weighted by atomic mass is 10.4. The summed E-state index contributed by atoms with van der Waals surface area (Å²) in [5.74, 6) is 0. The summed E-state index contributed by atoms with van der Waals surface area (Å²) >= 11 is 4.34. The summed E-state index contributed by atoms with van der Waals surface area (Å²) in [6, 6.07) is 0.609. The van der Waals surface area contributed by atoms with Crippen molar-refractivity contribution in [3.8, 4) is 0 Å². The van der Waals surface area contributed by atoms with Crippen molar-refractivity contribution >= 4 is 12.6 Å². The van der Waals surface area contributed by atoms with Crippen LogP contribution in [0.15, 0.2) is 0 Å². The minimum Gasteiger partial charge on any atom is -0.319 e. The maximum absolute atomic E-state index is 4.34. The summed E-state index contributed by atoms with van der Waals surface area (Å²) in [6.45, 7) is 5.37. The third-order valence-electron chi connectivity index (χ3n) is 1.41. The van der Waals surface area contributed by atoms with Gasteiger partial charge < -0.3 is 5.32 Å². The normalized spacial score (nSPS) is 47.6. The average molecular weight is 133 g/mol. The molecule has 0 spiro atoms. The Balaban J connectivity index is 2.44. The van der Waals surface area contributed by atoms with Crippen molar-refractivity contribution < 1.29 is 5.32 Å². The van der Waals surface area contributed by atoms with E-state index in [-0.39, 0.29) is 4.99 Å². The monoisotopic (exact) mass is 133 g/mol. The molecule has 0 amide bonds. The van der Waals surface area contributed by atoms with E-state index in [1.165, 1.54) is 0 Å². The van der Waals surface area contributed by atoms with Crippen LogP contribution in [0.4, 0.5) is 0 Å². The zero-order chi connectivity index (χ0) is 6.20. The SMILES string of the molecule is CC1C[NH2+]C(C)(S)N1. The van der Waals surface area contributed by atoms with Crippen LogP contribution in [-0.2, 0) is 0 Å². The van der Waals surface area contributed by atoms with E-state index in [1.54, 1.807) is 0 Å². The van der Waals surface area contributed by atoms with Gasteiger partial charge >= 0.3 is 0 Å². The topological polar surface area (TPSA) is 28.6 Å². The van der Waals surface area contributed by atoms with E-state index >= 15 is 0 Å². The molecule has 0 radical (unpaired) electrons. The zero-order valence-electron chi connectivity index (χ0n) is 5.31. The molecule has 3 N–H and O–H groups in total. The maximum Gasteiger partial charge on any atom is 0.192 e. The van der Waals surface area contributed by atoms with Crippen molar-refractivity contribution in [2.45, 2.75) is 24.9 Å². The molecule has 1 aliphatic rings. The molecular weight excluding hydrogens is 120 g/mol. The Morgan fingerprint density at radius 2 is 2.50 bits per heavy atom. The second-order valence-electron chi connectivity index (χ2n) is 2.63. The summed E-state index contributed by atoms with van der Waals surface area (Å²) in [6.07, 6.45) is 0. The van der Waals surface area contributed by atoms with Crippen LogP contribution in [0.3, 0.4) is 0 Å². The average Bonchev–Trinajstić information content (AvgIpc) is 1.82. The molecule has 1 aliphatic heterocycles. The van der Waals surface area contributed by atoms with Crippen molar-refractivity contribution in [3.63, 3.8) is 0 Å². The molecule has 1 rings (SSSR count). The lowest BCUT2D eigenvalue weighted by molar-refractivity contribution is -0.681. The number of quaternary nitrogens is 1. The van der Waals surface area contributed by atoms with Crippen LogP contribution in [0.5, 0.6) is 0 Å². The van der Waals surface area contributed by atoms with Gasteiger partial charge in [0.15, 0.2) is 4.99 Å². The largest absolute Gasteiger partial charge is 0.319 e. The van der Waals surface area contributed by atoms with E-state index in [0.717, 1.165) is 6.54 Å². The van der Waals surface area contributed by atoms with Crippen molar-refractivity contribution in [1.29, 1.82) is 0 Å². The second kappa shape index (κ2) is 1.90. The van der Waals surface area contributed by atoms with Crippen LogP contribution < -0.4 is 10.6 Å². The first-order valence-corrected chi connectivity index (χ1v) is 3.39. The third kappa shape index (κ3) is 1.37. The highest BCUT2D eigenvalue weighted by Crippen LogP contribution is 2.02. The van der Waals surface area contributed by atoms with Gasteiger partial charge in [-0.25, -0.2) is 5.32 Å². The molecule has 0 aliphatic carbocycles. The maximum atomic E-state index is 4.34. The van der Waals surface area contributed by atoms with Gasteiger partial charge in [0.25, 0.3) is 0 Å². The molecule has 2 nitrogen and oxygen atoms in total. The summed E-state index contributed by atoms with van der Waals surface area (Å²) in [5.41, 5.74) is 0. The van der Waals surface area contributed by atoms with Gasteiger partial charge in [0.2, 0.25) is 0 Å². The number of thiol groups is 1. The zero-order valence-corrected chi connectivity index (χ0v) is 6.20. The van der Waals surface area contributed by atoms with Crippen LogP contribution in [-0.4, -0.2) is 17.6 Å². The molecular formula is C5H13N2S+. The van der Waals surface area contributed by atoms with Crippen LogP contribution in [0.25, 0.3) is 0 Å². The highest BCUT2D eigenvalue weighted by atomic mass is 32.1. The van der Waals surface area contributed by atoms with E-state index in [9.17, 15) is 0 Å². The van der Waals surface area contributed by atoms with Gasteiger partial charge in [-0.1, -0.05) is 12.6 Å². The molecule has 8 heavy (non-hydrogen) atoms. The summed E-state index contributed by atoms with van der Waals surface area (Å²) < 4.78 is 0. The molecule has 48 valence electrons. The Bertz CT molecular complexity index is 92.4. The van der Waals surface area contributed by atoms with Gasteiger partial charge in [-0.3, -0.25) is 0 Å². The Kier molecular flexibility index (Phi) is 1.52. The van der Waals surface area contributed by atoms with Gasteiger partial charge in [-0.2, -0.15) is 0 Å². The van der Waals surface area contributed by atoms with E-state index in [2.05, 4.69) is 37.1 Å². The highest BCUT2D eigenvalue weighted by Gasteiger charge is 2.31. The summed E-state index contributed by atoms with van der Waals surface area (Å²) in [4.78, 5) is -0.0145. The van der Waals surface area contributed by atoms with Gasteiger partial charge in [0, 0.05) is 6.92 Å². The number of nitrogens with two attached hydrogens (primary N) is 1. The van der Waals surface area contributed by atoms with Crippen LogP contribution in [0, 0.1) is 0 Å². The van der Waals surface area contributed by atoms with Gasteiger partial charge in [0.05, 0.1) is 12.6 Å². The fourth-order valence-electron chi connectivity index (χ4n) is 1.02. The number of nitrogens with one attached hydrogen (secondary N) is 1. The first kappa shape index (κ1) is 6.39. The Hall–Kier alpha value is 0.270. The predicted octanol–water partition coefficient (Wildman–Crippen LogP) is -0.855. The van der Waals surface area contributed by atoms with E-state index in [4.69, 9.17) is 0 Å². The molecule has 3 heteroatoms. The molecule has 0 aromatic heterocycles. The number of hydrogen-bond donors (Lipinski definition) is 3. The van der Waals surface area contributed by atoms with Gasteiger partial charge in [-0.15, -0.1) is 0 Å². The fourth-order valence-corrected chi connectivity index (χ4v) is 1.35. The quantitative estimate of drug-likeness (QED) is 0.369. The first-order valence-electron chi connectivity index (χ1n) is 2.94. The van der Waals surface area contributed by atoms with Crippen molar-refractivity contribution in [2.24, 2.45) is 0 Å². The van der Waals surface area contributed by atoms with Crippen molar-refractivity contribution in [3.05, 3.63) is 0 Å². The van der Waals surface area contributed by atoms with Crippen molar-refractivity contribution in [2.75, 3.05) is 6.54 Å². The molecule has 2 atom stereocenters. The molecule has 1 heterocycles. The van der Waals surface area contributed by atoms with Crippen molar-refractivity contribution in [1.82, 2.24) is 5.32 Å². The molecule has 0 aromatic rings. The van der Waals surface area contributed by atoms with Crippen LogP contribution in [0.2, 0.25) is 0 Å². The van der Waals surface area contributed by atoms with Crippen LogP contribution >= 0.6 is 12.6 Å². The summed E-state index contributed by atoms with van der Waals surface area (Å²) in [5, 5.41) is 5.50. The smallest absolute Gasteiger partial charge is 0.192 e. The van der Waals surface area contributed by atoms with E-state index in [0.29, 0.717) is 6.04 Å². The molecule has 0 saturated carbocycles. The minimum absolute atomic E-state index is 0.0145. The lowest BCUT2D eigenvalue weighted by Crippen LogP contribution is -2.92. The Labute approximate surface area is 55.4 Å². The molecule has 2 unspecified atom stereocenters. The molecule has 0 aromatic carbocycles. The number of rotatable bonds is 0. The fraction of sp³-hybridized carbons (Fsp3) is 1.00. The Morgan fingerprint density at radius 1 is 1.88 bits per heavy atom. The van der Waals surface area contributed by atoms with E-state index < -0.39 is 0 Å².